The van der Waals surface area contributed by atoms with E-state index >= 15 is 0 Å². The number of anilines is 1. The molecule has 2 aliphatic rings. The third kappa shape index (κ3) is 2.86. The topological polar surface area (TPSA) is 46.3 Å². The molecule has 0 aromatic heterocycles. The predicted molar refractivity (Wildman–Crippen MR) is 84.7 cm³/mol. The maximum Gasteiger partial charge on any atom is 0.292 e. The summed E-state index contributed by atoms with van der Waals surface area (Å²) in [4.78, 5) is 29.0. The Morgan fingerprint density at radius 1 is 1.14 bits per heavy atom. The second-order valence-electron chi connectivity index (χ2n) is 6.04. The van der Waals surface area contributed by atoms with Crippen molar-refractivity contribution in [1.29, 1.82) is 0 Å². The van der Waals surface area contributed by atoms with Gasteiger partial charge in [0.25, 0.3) is 5.91 Å². The maximum atomic E-state index is 12.7. The molecule has 1 atom stereocenters. The van der Waals surface area contributed by atoms with Crippen LogP contribution in [0.25, 0.3) is 0 Å². The van der Waals surface area contributed by atoms with E-state index in [1.165, 1.54) is 14.7 Å². The molecule has 7 heteroatoms. The molecule has 22 heavy (non-hydrogen) atoms. The molecule has 1 aromatic carbocycles. The minimum atomic E-state index is -0.285. The van der Waals surface area contributed by atoms with Gasteiger partial charge >= 0.3 is 0 Å². The molecule has 2 N–H and O–H groups in total. The first-order valence-electron chi connectivity index (χ1n) is 7.45. The molecule has 0 bridgehead atoms. The number of hydrogen-bond donors (Lipinski definition) is 2. The van der Waals surface area contributed by atoms with Crippen LogP contribution in [0.2, 0.25) is 10.0 Å². The summed E-state index contributed by atoms with van der Waals surface area (Å²) in [5, 5.41) is 0.810. The number of imide groups is 1. The van der Waals surface area contributed by atoms with Crippen molar-refractivity contribution >= 4 is 40.7 Å². The Morgan fingerprint density at radius 2 is 1.82 bits per heavy atom. The normalized spacial score (nSPS) is 29.2. The third-order valence-corrected chi connectivity index (χ3v) is 5.07. The lowest BCUT2D eigenvalue weighted by molar-refractivity contribution is -1.01. The highest BCUT2D eigenvalue weighted by Crippen LogP contribution is 2.31. The molecule has 0 radical (unpaired) electrons. The van der Waals surface area contributed by atoms with Crippen LogP contribution in [0.5, 0.6) is 0 Å². The lowest BCUT2D eigenvalue weighted by Crippen LogP contribution is -3.29. The molecule has 0 unspecified atom stereocenters. The average Bonchev–Trinajstić information content (AvgIpc) is 2.76. The second-order valence-corrected chi connectivity index (χ2v) is 6.88. The molecule has 2 aliphatic heterocycles. The first kappa shape index (κ1) is 15.7. The van der Waals surface area contributed by atoms with Crippen molar-refractivity contribution in [2.75, 3.05) is 38.1 Å². The number of quaternary nitrogens is 2. The van der Waals surface area contributed by atoms with Gasteiger partial charge in [-0.3, -0.25) is 9.59 Å². The minimum absolute atomic E-state index is 0.149. The molecular formula is C15H19Cl2N3O2+2. The number of rotatable bonds is 2. The molecule has 2 saturated heterocycles. The van der Waals surface area contributed by atoms with E-state index in [4.69, 9.17) is 23.2 Å². The van der Waals surface area contributed by atoms with E-state index in [2.05, 4.69) is 7.05 Å². The molecule has 1 aromatic rings. The van der Waals surface area contributed by atoms with Gasteiger partial charge in [-0.2, -0.15) is 0 Å². The average molecular weight is 344 g/mol. The highest BCUT2D eigenvalue weighted by Gasteiger charge is 2.47. The molecule has 0 saturated carbocycles. The Morgan fingerprint density at radius 3 is 2.45 bits per heavy atom. The SMILES string of the molecule is C[NH+]1CC[NH+]([C@@H]2CC(=O)N(c3ccc(Cl)cc3Cl)C2=O)CC1. The Labute approximate surface area is 139 Å². The highest BCUT2D eigenvalue weighted by atomic mass is 35.5. The molecule has 118 valence electrons. The summed E-state index contributed by atoms with van der Waals surface area (Å²) >= 11 is 12.0. The van der Waals surface area contributed by atoms with Crippen molar-refractivity contribution in [2.24, 2.45) is 0 Å². The van der Waals surface area contributed by atoms with Gasteiger partial charge in [-0.05, 0) is 18.2 Å². The van der Waals surface area contributed by atoms with Gasteiger partial charge in [0.1, 0.15) is 26.2 Å². The molecule has 0 aliphatic carbocycles. The number of benzene rings is 1. The maximum absolute atomic E-state index is 12.7. The summed E-state index contributed by atoms with van der Waals surface area (Å²) in [6.07, 6.45) is 0.256. The lowest BCUT2D eigenvalue weighted by Gasteiger charge is -2.30. The summed E-state index contributed by atoms with van der Waals surface area (Å²) in [7, 11) is 2.15. The van der Waals surface area contributed by atoms with Gasteiger partial charge in [-0.15, -0.1) is 0 Å². The summed E-state index contributed by atoms with van der Waals surface area (Å²) in [6, 6.07) is 4.54. The first-order valence-corrected chi connectivity index (χ1v) is 8.20. The van der Waals surface area contributed by atoms with Crippen LogP contribution in [0.3, 0.4) is 0 Å². The van der Waals surface area contributed by atoms with Crippen molar-refractivity contribution in [3.63, 3.8) is 0 Å². The van der Waals surface area contributed by atoms with E-state index in [0.717, 1.165) is 26.2 Å². The van der Waals surface area contributed by atoms with Gasteiger partial charge < -0.3 is 9.80 Å². The van der Waals surface area contributed by atoms with Gasteiger partial charge in [0.2, 0.25) is 5.91 Å². The van der Waals surface area contributed by atoms with Gasteiger partial charge in [0, 0.05) is 5.02 Å². The zero-order valence-electron chi connectivity index (χ0n) is 12.4. The number of nitrogens with one attached hydrogen (secondary N) is 2. The zero-order valence-corrected chi connectivity index (χ0v) is 13.9. The van der Waals surface area contributed by atoms with E-state index in [0.29, 0.717) is 15.7 Å². The Balaban J connectivity index is 1.82. The van der Waals surface area contributed by atoms with Gasteiger partial charge in [-0.1, -0.05) is 23.2 Å². The van der Waals surface area contributed by atoms with Crippen LogP contribution in [-0.2, 0) is 9.59 Å². The number of carbonyl (C=O) groups excluding carboxylic acids is 2. The quantitative estimate of drug-likeness (QED) is 0.679. The largest absolute Gasteiger partial charge is 0.328 e. The molecule has 2 amide bonds. The van der Waals surface area contributed by atoms with Crippen LogP contribution >= 0.6 is 23.2 Å². The van der Waals surface area contributed by atoms with Crippen LogP contribution in [-0.4, -0.2) is 51.1 Å². The number of halogens is 2. The second kappa shape index (κ2) is 6.16. The summed E-state index contributed by atoms with van der Waals surface area (Å²) < 4.78 is 0. The van der Waals surface area contributed by atoms with Crippen molar-refractivity contribution < 1.29 is 19.4 Å². The van der Waals surface area contributed by atoms with E-state index in [-0.39, 0.29) is 24.3 Å². The van der Waals surface area contributed by atoms with Crippen molar-refractivity contribution in [3.05, 3.63) is 28.2 Å². The van der Waals surface area contributed by atoms with Crippen LogP contribution in [0.4, 0.5) is 5.69 Å². The van der Waals surface area contributed by atoms with Crippen LogP contribution < -0.4 is 14.7 Å². The number of likely N-dealkylation sites (N-methyl/N-ethyl adjacent to an activating group) is 1. The standard InChI is InChI=1S/C15H17Cl2N3O2/c1-18-4-6-19(7-5-18)13-9-14(21)20(15(13)22)12-3-2-10(16)8-11(12)17/h2-3,8,13H,4-7,9H2,1H3/p+2/t13-/m1/s1. The monoisotopic (exact) mass is 343 g/mol. The van der Waals surface area contributed by atoms with E-state index in [9.17, 15) is 9.59 Å². The highest BCUT2D eigenvalue weighted by molar-refractivity contribution is 6.38. The zero-order chi connectivity index (χ0) is 15.9. The van der Waals surface area contributed by atoms with Crippen molar-refractivity contribution in [1.82, 2.24) is 0 Å². The molecule has 5 nitrogen and oxygen atoms in total. The number of nitrogens with zero attached hydrogens (tertiary/aromatic N) is 1. The number of amides is 2. The summed E-state index contributed by atoms with van der Waals surface area (Å²) in [6.45, 7) is 3.87. The predicted octanol–water partition coefficient (Wildman–Crippen LogP) is -0.961. The van der Waals surface area contributed by atoms with Crippen molar-refractivity contribution in [3.8, 4) is 0 Å². The number of piperazine rings is 1. The number of carbonyl (C=O) groups is 2. The van der Waals surface area contributed by atoms with Crippen LogP contribution in [0, 0.1) is 0 Å². The van der Waals surface area contributed by atoms with Gasteiger partial charge in [0.05, 0.1) is 24.2 Å². The molecule has 3 rings (SSSR count). The fourth-order valence-corrected chi connectivity index (χ4v) is 3.71. The van der Waals surface area contributed by atoms with Crippen molar-refractivity contribution in [2.45, 2.75) is 12.5 Å². The van der Waals surface area contributed by atoms with Crippen LogP contribution in [0.15, 0.2) is 18.2 Å². The van der Waals surface area contributed by atoms with Gasteiger partial charge in [-0.25, -0.2) is 4.90 Å². The van der Waals surface area contributed by atoms with E-state index in [1.807, 2.05) is 0 Å². The number of hydrogen-bond acceptors (Lipinski definition) is 2. The lowest BCUT2D eigenvalue weighted by atomic mass is 10.2. The molecular weight excluding hydrogens is 325 g/mol. The fourth-order valence-electron chi connectivity index (χ4n) is 3.21. The molecule has 2 fully saturated rings. The van der Waals surface area contributed by atoms with Gasteiger partial charge in [0.15, 0.2) is 6.04 Å². The molecule has 2 heterocycles. The first-order chi connectivity index (χ1) is 10.5. The molecule has 0 spiro atoms. The third-order valence-electron chi connectivity index (χ3n) is 4.54. The van der Waals surface area contributed by atoms with E-state index in [1.54, 1.807) is 18.2 Å². The van der Waals surface area contributed by atoms with E-state index < -0.39 is 0 Å². The Bertz CT molecular complexity index is 615. The fraction of sp³-hybridized carbons (Fsp3) is 0.467. The van der Waals surface area contributed by atoms with Crippen LogP contribution in [0.1, 0.15) is 6.42 Å². The minimum Gasteiger partial charge on any atom is -0.328 e. The smallest absolute Gasteiger partial charge is 0.292 e. The Hall–Kier alpha value is -1.14. The Kier molecular flexibility index (Phi) is 4.41. The summed E-state index contributed by atoms with van der Waals surface area (Å²) in [5.41, 5.74) is 0.433. The summed E-state index contributed by atoms with van der Waals surface area (Å²) in [5.74, 6) is -0.332.